The number of hydrogen-bond acceptors (Lipinski definition) is 0. The predicted octanol–water partition coefficient (Wildman–Crippen LogP) is 15.7. The number of para-hydroxylation sites is 2. The number of benzene rings is 7. The highest BCUT2D eigenvalue weighted by Crippen LogP contribution is 2.56. The van der Waals surface area contributed by atoms with Crippen LogP contribution in [0.25, 0.3) is 104 Å². The van der Waals surface area contributed by atoms with Crippen molar-refractivity contribution in [2.75, 3.05) is 0 Å². The zero-order valence-electron chi connectivity index (χ0n) is 34.4. The average molecular weight is 747 g/mol. The summed E-state index contributed by atoms with van der Waals surface area (Å²) in [6.45, 7) is 16.6. The molecule has 1 atom stereocenters. The lowest BCUT2D eigenvalue weighted by Gasteiger charge is -2.28. The van der Waals surface area contributed by atoms with E-state index < -0.39 is 0 Å². The Labute approximate surface area is 338 Å². The van der Waals surface area contributed by atoms with Gasteiger partial charge in [-0.15, -0.1) is 0 Å². The highest BCUT2D eigenvalue weighted by Gasteiger charge is 2.39. The maximum absolute atomic E-state index is 2.61. The summed E-state index contributed by atoms with van der Waals surface area (Å²) in [6, 6.07) is 42.9. The molecule has 58 heavy (non-hydrogen) atoms. The molecule has 0 radical (unpaired) electrons. The molecule has 0 bridgehead atoms. The zero-order valence-corrected chi connectivity index (χ0v) is 34.4. The minimum atomic E-state index is -0.0407. The van der Waals surface area contributed by atoms with Crippen molar-refractivity contribution in [2.24, 2.45) is 5.92 Å². The molecule has 4 aromatic heterocycles. The second-order valence-electron chi connectivity index (χ2n) is 18.9. The van der Waals surface area contributed by atoms with E-state index in [1.807, 2.05) is 0 Å². The summed E-state index contributed by atoms with van der Waals surface area (Å²) in [6.07, 6.45) is 5.95. The second-order valence-corrected chi connectivity index (χ2v) is 18.9. The van der Waals surface area contributed by atoms with Gasteiger partial charge in [-0.2, -0.15) is 0 Å². The number of fused-ring (bicyclic) bond motifs is 17. The Kier molecular flexibility index (Phi) is 6.17. The van der Waals surface area contributed by atoms with Gasteiger partial charge in [0.25, 0.3) is 0 Å². The first-order valence-electron chi connectivity index (χ1n) is 21.5. The molecule has 11 aromatic rings. The van der Waals surface area contributed by atoms with E-state index in [1.54, 1.807) is 5.57 Å². The standard InChI is InChI=1S/C56H46N2/c1-29(2)32-18-22-47-40(25-32)52-50-42(28-39-37-12-8-10-14-45(37)57(47)54(39)52)49(34-17-21-36-35-20-16-31(5)24-43(35)56(6,7)44(36)27-34)51-38-13-9-11-15-46(38)58-48-23-19-33(30(3)4)26-41(48)53(50)55(51)58/h8-23,25-31H,24H2,1-7H3. The van der Waals surface area contributed by atoms with Crippen LogP contribution in [0.4, 0.5) is 0 Å². The Bertz CT molecular complexity index is 3660. The van der Waals surface area contributed by atoms with Gasteiger partial charge in [0.15, 0.2) is 0 Å². The molecule has 2 aliphatic rings. The number of allylic oxidation sites excluding steroid dienone is 4. The highest BCUT2D eigenvalue weighted by molar-refractivity contribution is 6.44. The Morgan fingerprint density at radius 3 is 1.84 bits per heavy atom. The van der Waals surface area contributed by atoms with Crippen LogP contribution in [-0.2, 0) is 5.41 Å². The lowest BCUT2D eigenvalue weighted by Crippen LogP contribution is -2.19. The lowest BCUT2D eigenvalue weighted by atomic mass is 9.76. The fourth-order valence-corrected chi connectivity index (χ4v) is 11.8. The second kappa shape index (κ2) is 10.9. The van der Waals surface area contributed by atoms with Gasteiger partial charge < -0.3 is 8.80 Å². The van der Waals surface area contributed by atoms with E-state index in [4.69, 9.17) is 0 Å². The minimum Gasteiger partial charge on any atom is -0.308 e. The van der Waals surface area contributed by atoms with Crippen molar-refractivity contribution in [1.82, 2.24) is 8.80 Å². The number of aromatic nitrogens is 2. The Balaban J connectivity index is 1.32. The van der Waals surface area contributed by atoms with Gasteiger partial charge in [-0.1, -0.05) is 127 Å². The maximum atomic E-state index is 2.61. The SMILES string of the molecule is CC1C=CC2=C(C1)C(C)(C)c1cc(-c3c4cc5c6ccccc6n6c7ccc(C(C)C)cc7c(c4c4c7cc(C(C)C)ccc7n7c8ccccc8c3c47)c56)ccc12. The van der Waals surface area contributed by atoms with Crippen LogP contribution in [0.3, 0.4) is 0 Å². The molecule has 1 unspecified atom stereocenters. The molecule has 0 amide bonds. The monoisotopic (exact) mass is 746 g/mol. The average Bonchev–Trinajstić information content (AvgIpc) is 3.99. The van der Waals surface area contributed by atoms with E-state index in [1.165, 1.54) is 126 Å². The molecule has 13 rings (SSSR count). The lowest BCUT2D eigenvalue weighted by molar-refractivity contribution is 0.566. The van der Waals surface area contributed by atoms with Crippen LogP contribution in [0.2, 0.25) is 0 Å². The van der Waals surface area contributed by atoms with Gasteiger partial charge in [-0.25, -0.2) is 0 Å². The molecule has 7 aromatic carbocycles. The molecule has 0 spiro atoms. The first kappa shape index (κ1) is 32.9. The molecule has 0 fully saturated rings. The minimum absolute atomic E-state index is 0.0407. The van der Waals surface area contributed by atoms with Crippen molar-refractivity contribution in [1.29, 1.82) is 0 Å². The molecule has 0 saturated carbocycles. The molecule has 2 aliphatic carbocycles. The van der Waals surface area contributed by atoms with E-state index in [2.05, 4.69) is 179 Å². The molecule has 280 valence electrons. The van der Waals surface area contributed by atoms with E-state index in [0.717, 1.165) is 6.42 Å². The molecule has 0 aliphatic heterocycles. The summed E-state index contributed by atoms with van der Waals surface area (Å²) in [5, 5.41) is 13.6. The van der Waals surface area contributed by atoms with E-state index >= 15 is 0 Å². The van der Waals surface area contributed by atoms with Crippen LogP contribution in [0, 0.1) is 5.92 Å². The summed E-state index contributed by atoms with van der Waals surface area (Å²) in [5.41, 5.74) is 19.1. The van der Waals surface area contributed by atoms with Gasteiger partial charge in [0.1, 0.15) is 0 Å². The highest BCUT2D eigenvalue weighted by atomic mass is 14.9. The first-order chi connectivity index (χ1) is 28.1. The molecular weight excluding hydrogens is 701 g/mol. The Morgan fingerprint density at radius 1 is 0.552 bits per heavy atom. The van der Waals surface area contributed by atoms with Crippen molar-refractivity contribution in [3.63, 3.8) is 0 Å². The fourth-order valence-electron chi connectivity index (χ4n) is 11.8. The summed E-state index contributed by atoms with van der Waals surface area (Å²) in [4.78, 5) is 0. The van der Waals surface area contributed by atoms with E-state index in [0.29, 0.717) is 17.8 Å². The van der Waals surface area contributed by atoms with Gasteiger partial charge in [0.2, 0.25) is 0 Å². The van der Waals surface area contributed by atoms with Crippen molar-refractivity contribution in [3.05, 3.63) is 149 Å². The normalized spacial score (nSPS) is 16.9. The van der Waals surface area contributed by atoms with Crippen molar-refractivity contribution in [2.45, 2.75) is 72.1 Å². The van der Waals surface area contributed by atoms with Gasteiger partial charge in [0, 0.05) is 53.9 Å². The number of rotatable bonds is 3. The zero-order chi connectivity index (χ0) is 39.1. The topological polar surface area (TPSA) is 8.82 Å². The third-order valence-corrected chi connectivity index (χ3v) is 14.7. The van der Waals surface area contributed by atoms with Crippen LogP contribution < -0.4 is 0 Å². The van der Waals surface area contributed by atoms with E-state index in [9.17, 15) is 0 Å². The van der Waals surface area contributed by atoms with Gasteiger partial charge >= 0.3 is 0 Å². The molecule has 0 saturated heterocycles. The summed E-state index contributed by atoms with van der Waals surface area (Å²) >= 11 is 0. The fraction of sp³-hybridized carbons (Fsp3) is 0.214. The number of nitrogens with zero attached hydrogens (tertiary/aromatic N) is 2. The summed E-state index contributed by atoms with van der Waals surface area (Å²) in [5.74, 6) is 1.41. The molecular formula is C56H46N2. The van der Waals surface area contributed by atoms with Crippen LogP contribution in [0.5, 0.6) is 0 Å². The Hall–Kier alpha value is -6.12. The summed E-state index contributed by atoms with van der Waals surface area (Å²) in [7, 11) is 0. The third-order valence-electron chi connectivity index (χ3n) is 14.7. The van der Waals surface area contributed by atoms with Crippen LogP contribution in [0.15, 0.2) is 127 Å². The smallest absolute Gasteiger partial charge is 0.0633 e. The summed E-state index contributed by atoms with van der Waals surface area (Å²) < 4.78 is 5.19. The number of hydrogen-bond donors (Lipinski definition) is 0. The van der Waals surface area contributed by atoms with Gasteiger partial charge in [-0.05, 0) is 117 Å². The van der Waals surface area contributed by atoms with Crippen molar-refractivity contribution < 1.29 is 0 Å². The molecule has 0 N–H and O–H groups in total. The van der Waals surface area contributed by atoms with Crippen molar-refractivity contribution in [3.8, 4) is 11.1 Å². The Morgan fingerprint density at radius 2 is 1.16 bits per heavy atom. The predicted molar refractivity (Wildman–Crippen MR) is 250 cm³/mol. The quantitative estimate of drug-likeness (QED) is 0.170. The van der Waals surface area contributed by atoms with Crippen molar-refractivity contribution >= 4 is 92.5 Å². The van der Waals surface area contributed by atoms with Crippen LogP contribution in [0.1, 0.15) is 89.0 Å². The molecule has 4 heterocycles. The molecule has 2 heteroatoms. The van der Waals surface area contributed by atoms with Crippen LogP contribution >= 0.6 is 0 Å². The molecule has 2 nitrogen and oxygen atoms in total. The third kappa shape index (κ3) is 3.85. The van der Waals surface area contributed by atoms with Gasteiger partial charge in [0.05, 0.1) is 33.1 Å². The first-order valence-corrected chi connectivity index (χ1v) is 21.5. The van der Waals surface area contributed by atoms with E-state index in [-0.39, 0.29) is 5.41 Å². The van der Waals surface area contributed by atoms with Crippen LogP contribution in [-0.4, -0.2) is 8.80 Å². The maximum Gasteiger partial charge on any atom is 0.0633 e. The van der Waals surface area contributed by atoms with Gasteiger partial charge in [-0.3, -0.25) is 0 Å². The largest absolute Gasteiger partial charge is 0.308 e.